The number of ether oxygens (including phenoxy) is 1. The lowest BCUT2D eigenvalue weighted by Gasteiger charge is -2.26. The molecule has 2 aliphatic heterocycles. The van der Waals surface area contributed by atoms with Crippen LogP contribution in [0, 0.1) is 0 Å². The molecular formula is C27H30F3N5O4. The molecule has 2 aromatic heterocycles. The van der Waals surface area contributed by atoms with Gasteiger partial charge in [0.1, 0.15) is 0 Å². The topological polar surface area (TPSA) is 120 Å². The van der Waals surface area contributed by atoms with Gasteiger partial charge >= 0.3 is 12.1 Å². The number of nitrogens with zero attached hydrogens (tertiary/aromatic N) is 2. The summed E-state index contributed by atoms with van der Waals surface area (Å²) in [7, 11) is 0. The molecule has 0 aliphatic carbocycles. The quantitative estimate of drug-likeness (QED) is 0.337. The van der Waals surface area contributed by atoms with Gasteiger partial charge in [0.05, 0.1) is 24.5 Å². The molecule has 0 spiro atoms. The number of hydrogen-bond donors (Lipinski definition) is 4. The number of carbonyl (C=O) groups excluding carboxylic acids is 1. The Bertz CT molecular complexity index is 1290. The molecule has 4 N–H and O–H groups in total. The summed E-state index contributed by atoms with van der Waals surface area (Å²) in [6.07, 6.45) is -2.42. The fraction of sp³-hybridized carbons (Fsp3) is 0.370. The summed E-state index contributed by atoms with van der Waals surface area (Å²) in [4.78, 5) is 31.4. The molecule has 5 rings (SSSR count). The fourth-order valence-electron chi connectivity index (χ4n) is 4.34. The number of aromatic amines is 1. The zero-order valence-electron chi connectivity index (χ0n) is 21.2. The van der Waals surface area contributed by atoms with Gasteiger partial charge < -0.3 is 25.5 Å². The van der Waals surface area contributed by atoms with Gasteiger partial charge in [-0.05, 0) is 29.8 Å². The second kappa shape index (κ2) is 12.9. The van der Waals surface area contributed by atoms with Crippen LogP contribution >= 0.6 is 0 Å². The number of aliphatic carboxylic acids is 1. The van der Waals surface area contributed by atoms with Crippen LogP contribution in [-0.2, 0) is 22.5 Å². The normalized spacial score (nSPS) is 15.6. The van der Waals surface area contributed by atoms with Gasteiger partial charge in [-0.15, -0.1) is 0 Å². The number of nitrogens with one attached hydrogen (secondary N) is 3. The number of benzene rings is 1. The number of rotatable bonds is 7. The van der Waals surface area contributed by atoms with Crippen molar-refractivity contribution in [1.29, 1.82) is 0 Å². The number of carboxylic acids is 1. The number of carboxylic acid groups (broad SMARTS) is 1. The lowest BCUT2D eigenvalue weighted by atomic mass is 10.0. The fourth-order valence-corrected chi connectivity index (χ4v) is 4.34. The summed E-state index contributed by atoms with van der Waals surface area (Å²) in [5, 5.41) is 13.6. The predicted molar refractivity (Wildman–Crippen MR) is 138 cm³/mol. The molecule has 3 aromatic rings. The van der Waals surface area contributed by atoms with Crippen LogP contribution in [0.3, 0.4) is 0 Å². The van der Waals surface area contributed by atoms with E-state index in [0.29, 0.717) is 6.54 Å². The van der Waals surface area contributed by atoms with Crippen LogP contribution in [-0.4, -0.2) is 84.0 Å². The van der Waals surface area contributed by atoms with Crippen molar-refractivity contribution < 1.29 is 32.6 Å². The number of pyridine rings is 1. The molecule has 0 saturated carbocycles. The van der Waals surface area contributed by atoms with Gasteiger partial charge in [-0.2, -0.15) is 13.2 Å². The summed E-state index contributed by atoms with van der Waals surface area (Å²) < 4.78 is 37.1. The van der Waals surface area contributed by atoms with Gasteiger partial charge in [0.25, 0.3) is 5.91 Å². The summed E-state index contributed by atoms with van der Waals surface area (Å²) in [6, 6.07) is 14.5. The maximum absolute atomic E-state index is 12.1. The minimum absolute atomic E-state index is 0.00292. The Labute approximate surface area is 223 Å². The smallest absolute Gasteiger partial charge is 0.475 e. The van der Waals surface area contributed by atoms with Crippen LogP contribution < -0.4 is 10.6 Å². The first kappa shape index (κ1) is 28.3. The van der Waals surface area contributed by atoms with E-state index >= 15 is 0 Å². The highest BCUT2D eigenvalue weighted by molar-refractivity contribution is 5.97. The van der Waals surface area contributed by atoms with Crippen molar-refractivity contribution in [2.75, 3.05) is 45.9 Å². The molecule has 0 radical (unpaired) electrons. The van der Waals surface area contributed by atoms with E-state index in [1.165, 1.54) is 5.56 Å². The van der Waals surface area contributed by atoms with Crippen molar-refractivity contribution >= 4 is 11.9 Å². The van der Waals surface area contributed by atoms with E-state index < -0.39 is 12.1 Å². The third kappa shape index (κ3) is 7.88. The number of alkyl halides is 3. The highest BCUT2D eigenvalue weighted by Crippen LogP contribution is 2.27. The molecule has 0 bridgehead atoms. The number of halogens is 3. The Morgan fingerprint density at radius 3 is 2.62 bits per heavy atom. The predicted octanol–water partition coefficient (Wildman–Crippen LogP) is 3.08. The molecule has 4 heterocycles. The molecule has 1 fully saturated rings. The lowest BCUT2D eigenvalue weighted by Crippen LogP contribution is -2.40. The van der Waals surface area contributed by atoms with Crippen molar-refractivity contribution in [1.82, 2.24) is 25.5 Å². The number of H-pyrrole nitrogens is 1. The highest BCUT2D eigenvalue weighted by Gasteiger charge is 2.38. The van der Waals surface area contributed by atoms with Crippen molar-refractivity contribution in [3.63, 3.8) is 0 Å². The number of morpholine rings is 1. The first-order chi connectivity index (χ1) is 18.7. The van der Waals surface area contributed by atoms with Crippen molar-refractivity contribution in [3.8, 4) is 22.5 Å². The van der Waals surface area contributed by atoms with Gasteiger partial charge in [0.2, 0.25) is 0 Å². The van der Waals surface area contributed by atoms with Crippen molar-refractivity contribution in [3.05, 3.63) is 65.5 Å². The number of hydrogen-bond acceptors (Lipinski definition) is 6. The third-order valence-corrected chi connectivity index (χ3v) is 6.38. The second-order valence-electron chi connectivity index (χ2n) is 9.14. The first-order valence-corrected chi connectivity index (χ1v) is 12.6. The molecule has 0 unspecified atom stereocenters. The summed E-state index contributed by atoms with van der Waals surface area (Å²) in [5.41, 5.74) is 7.00. The molecule has 39 heavy (non-hydrogen) atoms. The van der Waals surface area contributed by atoms with Crippen LogP contribution in [0.1, 0.15) is 21.6 Å². The Morgan fingerprint density at radius 2 is 1.90 bits per heavy atom. The molecule has 12 heteroatoms. The summed E-state index contributed by atoms with van der Waals surface area (Å²) in [6.45, 7) is 7.24. The van der Waals surface area contributed by atoms with Gasteiger partial charge in [-0.25, -0.2) is 4.79 Å². The van der Waals surface area contributed by atoms with E-state index in [2.05, 4.69) is 55.8 Å². The monoisotopic (exact) mass is 545 g/mol. The Morgan fingerprint density at radius 1 is 1.13 bits per heavy atom. The van der Waals surface area contributed by atoms with Crippen LogP contribution in [0.2, 0.25) is 0 Å². The van der Waals surface area contributed by atoms with Crippen LogP contribution in [0.15, 0.2) is 48.7 Å². The van der Waals surface area contributed by atoms with Gasteiger partial charge in [-0.1, -0.05) is 18.2 Å². The molecule has 2 aliphatic rings. The summed E-state index contributed by atoms with van der Waals surface area (Å²) >= 11 is 0. The maximum atomic E-state index is 12.1. The van der Waals surface area contributed by atoms with E-state index in [9.17, 15) is 18.0 Å². The third-order valence-electron chi connectivity index (χ3n) is 6.38. The number of carbonyl (C=O) groups is 2. The average molecular weight is 546 g/mol. The molecule has 1 amide bonds. The summed E-state index contributed by atoms with van der Waals surface area (Å²) in [5.74, 6) is -2.76. The maximum Gasteiger partial charge on any atom is 0.490 e. The van der Waals surface area contributed by atoms with Gasteiger partial charge in [0, 0.05) is 74.4 Å². The number of fused-ring (bicyclic) bond motifs is 1. The minimum Gasteiger partial charge on any atom is -0.475 e. The zero-order chi connectivity index (χ0) is 27.8. The SMILES string of the molecule is O=C(O)C(F)(F)F.O=C1NCCc2[nH]c(-c3ccnc(-c4cccc(CNCCN5CCOCC5)c4)c3)cc21. The standard InChI is InChI=1S/C25H29N5O2.C2HF3O2/c31-25-21-16-24(29-22(21)5-7-28-25)20-4-6-27-23(15-20)19-3-1-2-18(14-19)17-26-8-9-30-10-12-32-13-11-30;3-2(4,5)1(6)7/h1-4,6,14-16,26,29H,5,7-13,17H2,(H,28,31);(H,6,7). The molecular weight excluding hydrogens is 515 g/mol. The molecule has 208 valence electrons. The molecule has 0 atom stereocenters. The first-order valence-electron chi connectivity index (χ1n) is 12.6. The van der Waals surface area contributed by atoms with Crippen molar-refractivity contribution in [2.24, 2.45) is 0 Å². The minimum atomic E-state index is -5.08. The van der Waals surface area contributed by atoms with Crippen LogP contribution in [0.4, 0.5) is 13.2 Å². The average Bonchev–Trinajstić information content (AvgIpc) is 3.38. The Balaban J connectivity index is 0.000000448. The molecule has 1 saturated heterocycles. The highest BCUT2D eigenvalue weighted by atomic mass is 19.4. The van der Waals surface area contributed by atoms with E-state index in [4.69, 9.17) is 14.6 Å². The van der Waals surface area contributed by atoms with Gasteiger partial charge in [-0.3, -0.25) is 14.7 Å². The Kier molecular flexibility index (Phi) is 9.33. The van der Waals surface area contributed by atoms with E-state index in [1.807, 2.05) is 18.3 Å². The molecule has 9 nitrogen and oxygen atoms in total. The zero-order valence-corrected chi connectivity index (χ0v) is 21.2. The van der Waals surface area contributed by atoms with Crippen LogP contribution in [0.25, 0.3) is 22.5 Å². The van der Waals surface area contributed by atoms with E-state index in [0.717, 1.165) is 86.1 Å². The van der Waals surface area contributed by atoms with Gasteiger partial charge in [0.15, 0.2) is 0 Å². The number of aromatic nitrogens is 2. The van der Waals surface area contributed by atoms with E-state index in [-0.39, 0.29) is 5.91 Å². The number of amides is 1. The second-order valence-corrected chi connectivity index (χ2v) is 9.14. The van der Waals surface area contributed by atoms with Crippen LogP contribution in [0.5, 0.6) is 0 Å². The molecule has 1 aromatic carbocycles. The Hall–Kier alpha value is -3.74. The lowest BCUT2D eigenvalue weighted by molar-refractivity contribution is -0.192. The largest absolute Gasteiger partial charge is 0.490 e. The van der Waals surface area contributed by atoms with E-state index in [1.54, 1.807) is 0 Å². The van der Waals surface area contributed by atoms with Crippen molar-refractivity contribution in [2.45, 2.75) is 19.1 Å².